The number of hydrogen-bond donors (Lipinski definition) is 0. The van der Waals surface area contributed by atoms with Gasteiger partial charge >= 0.3 is 5.97 Å². The van der Waals surface area contributed by atoms with Crippen LogP contribution in [0.1, 0.15) is 19.8 Å². The molecule has 1 unspecified atom stereocenters. The predicted molar refractivity (Wildman–Crippen MR) is 56.1 cm³/mol. The second-order valence-electron chi connectivity index (χ2n) is 3.64. The van der Waals surface area contributed by atoms with E-state index in [1.807, 2.05) is 6.92 Å². The topological polar surface area (TPSA) is 46.6 Å². The third kappa shape index (κ3) is 3.08. The Labute approximate surface area is 89.9 Å². The van der Waals surface area contributed by atoms with Crippen LogP contribution in [0, 0.1) is 5.92 Å². The molecule has 4 heteroatoms. The van der Waals surface area contributed by atoms with Crippen LogP contribution in [0.5, 0.6) is 0 Å². The van der Waals surface area contributed by atoms with Gasteiger partial charge in [0.25, 0.3) is 0 Å². The van der Waals surface area contributed by atoms with Crippen LogP contribution in [-0.2, 0) is 14.3 Å². The number of nitrogens with zero attached hydrogens (tertiary/aromatic N) is 1. The number of hydrogen-bond acceptors (Lipinski definition) is 3. The van der Waals surface area contributed by atoms with Crippen LogP contribution in [0.15, 0.2) is 12.7 Å². The lowest BCUT2D eigenvalue weighted by Gasteiger charge is -2.13. The first-order chi connectivity index (χ1) is 7.19. The molecule has 0 bridgehead atoms. The highest BCUT2D eigenvalue weighted by atomic mass is 16.5. The average Bonchev–Trinajstić information content (AvgIpc) is 2.74. The van der Waals surface area contributed by atoms with Gasteiger partial charge in [0.2, 0.25) is 5.91 Å². The zero-order valence-corrected chi connectivity index (χ0v) is 9.07. The Balaban J connectivity index is 2.38. The maximum absolute atomic E-state index is 11.5. The molecule has 0 saturated carbocycles. The van der Waals surface area contributed by atoms with E-state index in [2.05, 4.69) is 6.58 Å². The summed E-state index contributed by atoms with van der Waals surface area (Å²) in [5.41, 5.74) is 0. The predicted octanol–water partition coefficient (Wildman–Crippen LogP) is 0.974. The summed E-state index contributed by atoms with van der Waals surface area (Å²) in [6.07, 6.45) is 2.80. The molecule has 15 heavy (non-hydrogen) atoms. The van der Waals surface area contributed by atoms with E-state index in [4.69, 9.17) is 4.74 Å². The Bertz CT molecular complexity index is 263. The largest absolute Gasteiger partial charge is 0.465 e. The third-order valence-corrected chi connectivity index (χ3v) is 2.46. The molecule has 0 aliphatic carbocycles. The maximum atomic E-state index is 11.5. The first-order valence-electron chi connectivity index (χ1n) is 5.27. The SMILES string of the molecule is C=CC(=O)N1CCC(C(=O)OCCC)C1. The highest BCUT2D eigenvalue weighted by Crippen LogP contribution is 2.17. The highest BCUT2D eigenvalue weighted by Gasteiger charge is 2.30. The Morgan fingerprint density at radius 3 is 2.93 bits per heavy atom. The van der Waals surface area contributed by atoms with Gasteiger partial charge in [0.05, 0.1) is 12.5 Å². The molecule has 0 N–H and O–H groups in total. The summed E-state index contributed by atoms with van der Waals surface area (Å²) >= 11 is 0. The first-order valence-corrected chi connectivity index (χ1v) is 5.27. The Kier molecular flexibility index (Phi) is 4.34. The fourth-order valence-electron chi connectivity index (χ4n) is 1.60. The van der Waals surface area contributed by atoms with Gasteiger partial charge in [-0.15, -0.1) is 0 Å². The quantitative estimate of drug-likeness (QED) is 0.514. The van der Waals surface area contributed by atoms with Crippen LogP contribution in [0.4, 0.5) is 0 Å². The van der Waals surface area contributed by atoms with Gasteiger partial charge < -0.3 is 9.64 Å². The Morgan fingerprint density at radius 1 is 1.60 bits per heavy atom. The molecule has 1 aliphatic heterocycles. The molecule has 4 nitrogen and oxygen atoms in total. The van der Waals surface area contributed by atoms with Crippen molar-refractivity contribution in [2.24, 2.45) is 5.92 Å². The van der Waals surface area contributed by atoms with Crippen molar-refractivity contribution < 1.29 is 14.3 Å². The summed E-state index contributed by atoms with van der Waals surface area (Å²) in [6, 6.07) is 0. The Hall–Kier alpha value is -1.32. The van der Waals surface area contributed by atoms with Gasteiger partial charge in [0.1, 0.15) is 0 Å². The van der Waals surface area contributed by atoms with E-state index in [-0.39, 0.29) is 17.8 Å². The van der Waals surface area contributed by atoms with E-state index < -0.39 is 0 Å². The lowest BCUT2D eigenvalue weighted by molar-refractivity contribution is -0.148. The molecule has 1 amide bonds. The minimum Gasteiger partial charge on any atom is -0.465 e. The highest BCUT2D eigenvalue weighted by molar-refractivity contribution is 5.88. The molecule has 1 saturated heterocycles. The molecule has 1 heterocycles. The van der Waals surface area contributed by atoms with E-state index in [1.54, 1.807) is 4.90 Å². The van der Waals surface area contributed by atoms with E-state index >= 15 is 0 Å². The number of rotatable bonds is 4. The second kappa shape index (κ2) is 5.53. The molecule has 0 aromatic carbocycles. The van der Waals surface area contributed by atoms with Crippen LogP contribution in [0.25, 0.3) is 0 Å². The molecule has 1 rings (SSSR count). The molecule has 0 aromatic heterocycles. The summed E-state index contributed by atoms with van der Waals surface area (Å²) < 4.78 is 5.03. The normalized spacial score (nSPS) is 20.1. The van der Waals surface area contributed by atoms with E-state index in [0.717, 1.165) is 6.42 Å². The molecule has 0 aromatic rings. The Morgan fingerprint density at radius 2 is 2.33 bits per heavy atom. The summed E-state index contributed by atoms with van der Waals surface area (Å²) in [6.45, 7) is 6.92. The van der Waals surface area contributed by atoms with Crippen molar-refractivity contribution in [3.05, 3.63) is 12.7 Å². The molecular formula is C11H17NO3. The van der Waals surface area contributed by atoms with E-state index in [1.165, 1.54) is 6.08 Å². The molecule has 1 fully saturated rings. The van der Waals surface area contributed by atoms with Crippen molar-refractivity contribution in [2.75, 3.05) is 19.7 Å². The molecule has 0 radical (unpaired) electrons. The van der Waals surface area contributed by atoms with Gasteiger partial charge in [-0.2, -0.15) is 0 Å². The average molecular weight is 211 g/mol. The van der Waals surface area contributed by atoms with Crippen molar-refractivity contribution in [3.8, 4) is 0 Å². The standard InChI is InChI=1S/C11H17NO3/c1-3-7-15-11(14)9-5-6-12(8-9)10(13)4-2/h4,9H,2-3,5-8H2,1H3. The zero-order chi connectivity index (χ0) is 11.3. The number of carbonyl (C=O) groups is 2. The molecular weight excluding hydrogens is 194 g/mol. The lowest BCUT2D eigenvalue weighted by atomic mass is 10.1. The van der Waals surface area contributed by atoms with E-state index in [9.17, 15) is 9.59 Å². The van der Waals surface area contributed by atoms with Crippen LogP contribution < -0.4 is 0 Å². The number of ether oxygens (including phenoxy) is 1. The van der Waals surface area contributed by atoms with Crippen LogP contribution in [0.2, 0.25) is 0 Å². The van der Waals surface area contributed by atoms with Crippen molar-refractivity contribution in [1.29, 1.82) is 0 Å². The maximum Gasteiger partial charge on any atom is 0.310 e. The zero-order valence-electron chi connectivity index (χ0n) is 9.07. The molecule has 0 spiro atoms. The molecule has 1 atom stereocenters. The number of likely N-dealkylation sites (tertiary alicyclic amines) is 1. The fraction of sp³-hybridized carbons (Fsp3) is 0.636. The number of amides is 1. The first kappa shape index (κ1) is 11.8. The number of esters is 1. The van der Waals surface area contributed by atoms with Crippen molar-refractivity contribution in [2.45, 2.75) is 19.8 Å². The van der Waals surface area contributed by atoms with Crippen molar-refractivity contribution in [1.82, 2.24) is 4.90 Å². The number of carbonyl (C=O) groups excluding carboxylic acids is 2. The molecule has 1 aliphatic rings. The van der Waals surface area contributed by atoms with E-state index in [0.29, 0.717) is 26.1 Å². The smallest absolute Gasteiger partial charge is 0.310 e. The third-order valence-electron chi connectivity index (χ3n) is 2.46. The van der Waals surface area contributed by atoms with Crippen LogP contribution in [-0.4, -0.2) is 36.5 Å². The minimum absolute atomic E-state index is 0.110. The van der Waals surface area contributed by atoms with Gasteiger partial charge in [0.15, 0.2) is 0 Å². The van der Waals surface area contributed by atoms with Crippen LogP contribution >= 0.6 is 0 Å². The summed E-state index contributed by atoms with van der Waals surface area (Å²) in [5.74, 6) is -0.447. The van der Waals surface area contributed by atoms with Gasteiger partial charge in [-0.05, 0) is 18.9 Å². The minimum atomic E-state index is -0.184. The summed E-state index contributed by atoms with van der Waals surface area (Å²) in [5, 5.41) is 0. The van der Waals surface area contributed by atoms with Gasteiger partial charge in [-0.1, -0.05) is 13.5 Å². The van der Waals surface area contributed by atoms with Gasteiger partial charge in [0, 0.05) is 13.1 Å². The second-order valence-corrected chi connectivity index (χ2v) is 3.64. The summed E-state index contributed by atoms with van der Waals surface area (Å²) in [7, 11) is 0. The fourth-order valence-corrected chi connectivity index (χ4v) is 1.60. The lowest BCUT2D eigenvalue weighted by Crippen LogP contribution is -2.28. The monoisotopic (exact) mass is 211 g/mol. The van der Waals surface area contributed by atoms with Crippen LogP contribution in [0.3, 0.4) is 0 Å². The summed E-state index contributed by atoms with van der Waals surface area (Å²) in [4.78, 5) is 24.4. The van der Waals surface area contributed by atoms with Gasteiger partial charge in [-0.25, -0.2) is 0 Å². The van der Waals surface area contributed by atoms with Gasteiger partial charge in [-0.3, -0.25) is 9.59 Å². The molecule has 84 valence electrons. The van der Waals surface area contributed by atoms with Crippen molar-refractivity contribution >= 4 is 11.9 Å². The van der Waals surface area contributed by atoms with Crippen molar-refractivity contribution in [3.63, 3.8) is 0 Å².